The fraction of sp³-hybridized carbons (Fsp3) is 0.615. The van der Waals surface area contributed by atoms with E-state index in [9.17, 15) is 0 Å². The first-order valence-corrected chi connectivity index (χ1v) is 6.12. The van der Waals surface area contributed by atoms with Gasteiger partial charge in [-0.1, -0.05) is 26.0 Å². The zero-order valence-corrected chi connectivity index (χ0v) is 10.6. The Balaban J connectivity index is 2.21. The maximum atomic E-state index is 4.33. The molecule has 0 saturated carbocycles. The van der Waals surface area contributed by atoms with Gasteiger partial charge in [0.1, 0.15) is 5.82 Å². The van der Waals surface area contributed by atoms with E-state index in [1.54, 1.807) is 0 Å². The highest BCUT2D eigenvalue weighted by Crippen LogP contribution is 1.99. The molecule has 90 valence electrons. The van der Waals surface area contributed by atoms with E-state index >= 15 is 0 Å². The molecule has 0 bridgehead atoms. The molecular formula is C13H23N3. The van der Waals surface area contributed by atoms with Gasteiger partial charge in [0.25, 0.3) is 0 Å². The van der Waals surface area contributed by atoms with Crippen LogP contribution in [-0.4, -0.2) is 22.1 Å². The van der Waals surface area contributed by atoms with E-state index in [2.05, 4.69) is 47.8 Å². The molecule has 0 saturated heterocycles. The summed E-state index contributed by atoms with van der Waals surface area (Å²) in [6, 6.07) is 0.576. The Bertz CT molecular complexity index is 313. The Morgan fingerprint density at radius 3 is 2.94 bits per heavy atom. The molecule has 0 spiro atoms. The highest BCUT2D eigenvalue weighted by Gasteiger charge is 1.96. The van der Waals surface area contributed by atoms with E-state index in [0.29, 0.717) is 6.04 Å². The number of allylic oxidation sites excluding steroid dienone is 1. The normalized spacial score (nSPS) is 11.8. The van der Waals surface area contributed by atoms with Gasteiger partial charge in [0.2, 0.25) is 0 Å². The van der Waals surface area contributed by atoms with Crippen LogP contribution in [0.2, 0.25) is 0 Å². The smallest absolute Gasteiger partial charge is 0.112 e. The Hall–Kier alpha value is -1.09. The van der Waals surface area contributed by atoms with Gasteiger partial charge >= 0.3 is 0 Å². The van der Waals surface area contributed by atoms with Crippen LogP contribution in [0.15, 0.2) is 24.5 Å². The van der Waals surface area contributed by atoms with Gasteiger partial charge in [-0.25, -0.2) is 4.98 Å². The Labute approximate surface area is 98.6 Å². The van der Waals surface area contributed by atoms with Crippen molar-refractivity contribution in [3.05, 3.63) is 30.4 Å². The van der Waals surface area contributed by atoms with Crippen LogP contribution in [0.4, 0.5) is 0 Å². The average molecular weight is 221 g/mol. The van der Waals surface area contributed by atoms with Crippen LogP contribution < -0.4 is 5.32 Å². The van der Waals surface area contributed by atoms with Gasteiger partial charge in [-0.3, -0.25) is 0 Å². The van der Waals surface area contributed by atoms with Gasteiger partial charge in [0, 0.05) is 31.4 Å². The summed E-state index contributed by atoms with van der Waals surface area (Å²) >= 11 is 0. The van der Waals surface area contributed by atoms with E-state index in [-0.39, 0.29) is 0 Å². The predicted octanol–water partition coefficient (Wildman–Crippen LogP) is 2.39. The summed E-state index contributed by atoms with van der Waals surface area (Å²) in [4.78, 5) is 4.33. The predicted molar refractivity (Wildman–Crippen MR) is 68.5 cm³/mol. The molecular weight excluding hydrogens is 198 g/mol. The van der Waals surface area contributed by atoms with Crippen molar-refractivity contribution in [2.75, 3.05) is 6.54 Å². The lowest BCUT2D eigenvalue weighted by atomic mass is 10.3. The van der Waals surface area contributed by atoms with Crippen LogP contribution in [-0.2, 0) is 13.0 Å². The molecule has 3 nitrogen and oxygen atoms in total. The second-order valence-corrected chi connectivity index (χ2v) is 4.20. The van der Waals surface area contributed by atoms with E-state index in [1.165, 1.54) is 0 Å². The monoisotopic (exact) mass is 221 g/mol. The van der Waals surface area contributed by atoms with Gasteiger partial charge < -0.3 is 9.88 Å². The third kappa shape index (κ3) is 4.62. The summed E-state index contributed by atoms with van der Waals surface area (Å²) in [7, 11) is 0. The molecule has 3 heteroatoms. The number of hydrogen-bond donors (Lipinski definition) is 1. The third-order valence-corrected chi connectivity index (χ3v) is 2.47. The Kier molecular flexibility index (Phi) is 5.86. The SMILES string of the molecule is CCn1ccnc1CC=CCCNC(C)C. The molecule has 1 aromatic heterocycles. The first kappa shape index (κ1) is 13.0. The molecule has 1 rings (SSSR count). The molecule has 0 fully saturated rings. The van der Waals surface area contributed by atoms with Gasteiger partial charge in [-0.05, 0) is 19.9 Å². The molecule has 1 N–H and O–H groups in total. The van der Waals surface area contributed by atoms with Crippen molar-refractivity contribution in [2.45, 2.75) is 46.2 Å². The molecule has 0 aliphatic carbocycles. The minimum Gasteiger partial charge on any atom is -0.335 e. The lowest BCUT2D eigenvalue weighted by molar-refractivity contribution is 0.594. The number of nitrogens with one attached hydrogen (secondary N) is 1. The molecule has 0 aliphatic rings. The highest BCUT2D eigenvalue weighted by atomic mass is 15.0. The molecule has 0 amide bonds. The number of aryl methyl sites for hydroxylation is 1. The van der Waals surface area contributed by atoms with Crippen molar-refractivity contribution in [1.29, 1.82) is 0 Å². The fourth-order valence-electron chi connectivity index (χ4n) is 1.58. The highest BCUT2D eigenvalue weighted by molar-refractivity contribution is 4.99. The fourth-order valence-corrected chi connectivity index (χ4v) is 1.58. The van der Waals surface area contributed by atoms with E-state index < -0.39 is 0 Å². The topological polar surface area (TPSA) is 29.9 Å². The van der Waals surface area contributed by atoms with Crippen molar-refractivity contribution in [2.24, 2.45) is 0 Å². The number of nitrogens with zero attached hydrogens (tertiary/aromatic N) is 2. The molecule has 0 atom stereocenters. The molecule has 0 aromatic carbocycles. The van der Waals surface area contributed by atoms with Crippen LogP contribution in [0.25, 0.3) is 0 Å². The van der Waals surface area contributed by atoms with Crippen LogP contribution in [0.3, 0.4) is 0 Å². The molecule has 16 heavy (non-hydrogen) atoms. The van der Waals surface area contributed by atoms with Crippen molar-refractivity contribution in [3.8, 4) is 0 Å². The number of imidazole rings is 1. The lowest BCUT2D eigenvalue weighted by Gasteiger charge is -2.05. The van der Waals surface area contributed by atoms with Crippen LogP contribution in [0, 0.1) is 0 Å². The summed E-state index contributed by atoms with van der Waals surface area (Å²) < 4.78 is 2.18. The maximum Gasteiger partial charge on any atom is 0.112 e. The second-order valence-electron chi connectivity index (χ2n) is 4.20. The number of aromatic nitrogens is 2. The average Bonchev–Trinajstić information content (AvgIpc) is 2.70. The lowest BCUT2D eigenvalue weighted by Crippen LogP contribution is -2.23. The first-order valence-electron chi connectivity index (χ1n) is 6.12. The summed E-state index contributed by atoms with van der Waals surface area (Å²) in [5.41, 5.74) is 0. The minimum absolute atomic E-state index is 0.576. The van der Waals surface area contributed by atoms with Crippen LogP contribution >= 0.6 is 0 Å². The quantitative estimate of drug-likeness (QED) is 0.566. The van der Waals surface area contributed by atoms with Gasteiger partial charge in [-0.2, -0.15) is 0 Å². The zero-order valence-electron chi connectivity index (χ0n) is 10.6. The van der Waals surface area contributed by atoms with E-state index in [4.69, 9.17) is 0 Å². The summed E-state index contributed by atoms with van der Waals surface area (Å²) in [5.74, 6) is 1.15. The largest absolute Gasteiger partial charge is 0.335 e. The maximum absolute atomic E-state index is 4.33. The minimum atomic E-state index is 0.576. The van der Waals surface area contributed by atoms with E-state index in [1.807, 2.05) is 12.4 Å². The van der Waals surface area contributed by atoms with Crippen LogP contribution in [0.5, 0.6) is 0 Å². The van der Waals surface area contributed by atoms with Gasteiger partial charge in [0.05, 0.1) is 0 Å². The van der Waals surface area contributed by atoms with Crippen molar-refractivity contribution >= 4 is 0 Å². The summed E-state index contributed by atoms with van der Waals surface area (Å²) in [6.45, 7) is 8.53. The molecule has 1 aromatic rings. The third-order valence-electron chi connectivity index (χ3n) is 2.47. The van der Waals surface area contributed by atoms with Gasteiger partial charge in [0.15, 0.2) is 0 Å². The van der Waals surface area contributed by atoms with Crippen LogP contribution in [0.1, 0.15) is 33.0 Å². The Morgan fingerprint density at radius 2 is 2.25 bits per heavy atom. The number of rotatable bonds is 7. The number of hydrogen-bond acceptors (Lipinski definition) is 2. The molecule has 0 unspecified atom stereocenters. The summed E-state index contributed by atoms with van der Waals surface area (Å²) in [5, 5.41) is 3.39. The van der Waals surface area contributed by atoms with Crippen molar-refractivity contribution in [3.63, 3.8) is 0 Å². The van der Waals surface area contributed by atoms with Gasteiger partial charge in [-0.15, -0.1) is 0 Å². The molecule has 1 heterocycles. The van der Waals surface area contributed by atoms with Crippen molar-refractivity contribution in [1.82, 2.24) is 14.9 Å². The second kappa shape index (κ2) is 7.23. The molecule has 0 aliphatic heterocycles. The van der Waals surface area contributed by atoms with E-state index in [0.717, 1.165) is 31.8 Å². The zero-order chi connectivity index (χ0) is 11.8. The van der Waals surface area contributed by atoms with Crippen molar-refractivity contribution < 1.29 is 0 Å². The Morgan fingerprint density at radius 1 is 1.44 bits per heavy atom. The molecule has 0 radical (unpaired) electrons. The standard InChI is InChI=1S/C13H23N3/c1-4-16-11-10-15-13(16)8-6-5-7-9-14-12(2)3/h5-6,10-12,14H,4,7-9H2,1-3H3. The summed E-state index contributed by atoms with van der Waals surface area (Å²) in [6.07, 6.45) is 10.4. The first-order chi connectivity index (χ1) is 7.74.